The number of nitrogens with one attached hydrogen (secondary N) is 1. The zero-order chi connectivity index (χ0) is 14.1. The minimum atomic E-state index is 0.197. The fourth-order valence-corrected chi connectivity index (χ4v) is 2.87. The second-order valence-electron chi connectivity index (χ2n) is 5.46. The number of fused-ring (bicyclic) bond motifs is 1. The summed E-state index contributed by atoms with van der Waals surface area (Å²) in [4.78, 5) is 4.43. The summed E-state index contributed by atoms with van der Waals surface area (Å²) in [6, 6.07) is 2.42. The van der Waals surface area contributed by atoms with Gasteiger partial charge in [-0.2, -0.15) is 5.10 Å². The van der Waals surface area contributed by atoms with Crippen molar-refractivity contribution in [2.45, 2.75) is 32.4 Å². The quantitative estimate of drug-likeness (QED) is 0.830. The summed E-state index contributed by atoms with van der Waals surface area (Å²) in [5.41, 5.74) is 3.14. The van der Waals surface area contributed by atoms with Gasteiger partial charge in [0.2, 0.25) is 0 Å². The lowest BCUT2D eigenvalue weighted by Gasteiger charge is -2.21. The van der Waals surface area contributed by atoms with Crippen LogP contribution in [0.2, 0.25) is 0 Å². The summed E-state index contributed by atoms with van der Waals surface area (Å²) in [7, 11) is 0. The number of aliphatic hydroxyl groups excluding tert-OH is 1. The van der Waals surface area contributed by atoms with Gasteiger partial charge in [0, 0.05) is 48.1 Å². The molecule has 0 amide bonds. The van der Waals surface area contributed by atoms with Crippen molar-refractivity contribution in [2.24, 2.45) is 5.92 Å². The van der Waals surface area contributed by atoms with Gasteiger partial charge in [0.25, 0.3) is 0 Å². The molecule has 0 radical (unpaired) electrons. The van der Waals surface area contributed by atoms with E-state index in [2.05, 4.69) is 41.4 Å². The molecule has 0 unspecified atom stereocenters. The van der Waals surface area contributed by atoms with Gasteiger partial charge in [0.15, 0.2) is 5.65 Å². The van der Waals surface area contributed by atoms with E-state index in [1.54, 1.807) is 6.20 Å². The molecule has 0 saturated carbocycles. The predicted octanol–water partition coefficient (Wildman–Crippen LogP) is 1.63. The van der Waals surface area contributed by atoms with Crippen molar-refractivity contribution in [3.63, 3.8) is 0 Å². The molecule has 106 valence electrons. The normalized spacial score (nSPS) is 23.6. The summed E-state index contributed by atoms with van der Waals surface area (Å²) in [5, 5.41) is 17.0. The molecule has 1 aliphatic rings. The number of hydrogen-bond donors (Lipinski definition) is 2. The fraction of sp³-hybridized carbons (Fsp3) is 0.467. The molecule has 2 N–H and O–H groups in total. The molecule has 0 fully saturated rings. The van der Waals surface area contributed by atoms with Crippen molar-refractivity contribution >= 4 is 5.65 Å². The van der Waals surface area contributed by atoms with Crippen LogP contribution in [0.1, 0.15) is 30.6 Å². The molecule has 20 heavy (non-hydrogen) atoms. The SMILES string of the molecule is Cc1c([C@@H](C)N[C@@H]2C=C[C@H](CO)C2)cnc2ccnn12. The summed E-state index contributed by atoms with van der Waals surface area (Å²) < 4.78 is 1.87. The Bertz CT molecular complexity index is 634. The third kappa shape index (κ3) is 2.34. The van der Waals surface area contributed by atoms with Gasteiger partial charge in [-0.05, 0) is 20.3 Å². The Morgan fingerprint density at radius 2 is 2.35 bits per heavy atom. The van der Waals surface area contributed by atoms with Crippen molar-refractivity contribution in [1.29, 1.82) is 0 Å². The zero-order valence-electron chi connectivity index (χ0n) is 11.8. The van der Waals surface area contributed by atoms with Crippen LogP contribution >= 0.6 is 0 Å². The first-order valence-corrected chi connectivity index (χ1v) is 7.03. The highest BCUT2D eigenvalue weighted by Gasteiger charge is 2.21. The van der Waals surface area contributed by atoms with Gasteiger partial charge in [0.1, 0.15) is 0 Å². The molecule has 1 aliphatic carbocycles. The molecular formula is C15H20N4O. The largest absolute Gasteiger partial charge is 0.396 e. The first kappa shape index (κ1) is 13.3. The van der Waals surface area contributed by atoms with Crippen LogP contribution in [-0.4, -0.2) is 32.4 Å². The fourth-order valence-electron chi connectivity index (χ4n) is 2.87. The molecule has 2 aromatic rings. The second kappa shape index (κ2) is 5.34. The highest BCUT2D eigenvalue weighted by atomic mass is 16.3. The molecule has 5 heteroatoms. The lowest BCUT2D eigenvalue weighted by molar-refractivity contribution is 0.245. The van der Waals surface area contributed by atoms with Gasteiger partial charge in [-0.3, -0.25) is 0 Å². The second-order valence-corrected chi connectivity index (χ2v) is 5.46. The van der Waals surface area contributed by atoms with Crippen molar-refractivity contribution in [3.8, 4) is 0 Å². The van der Waals surface area contributed by atoms with E-state index < -0.39 is 0 Å². The highest BCUT2D eigenvalue weighted by molar-refractivity contribution is 5.39. The van der Waals surface area contributed by atoms with Gasteiger partial charge in [-0.1, -0.05) is 12.2 Å². The van der Waals surface area contributed by atoms with Crippen LogP contribution in [-0.2, 0) is 0 Å². The summed E-state index contributed by atoms with van der Waals surface area (Å²) >= 11 is 0. The monoisotopic (exact) mass is 272 g/mol. The van der Waals surface area contributed by atoms with E-state index in [4.69, 9.17) is 0 Å². The van der Waals surface area contributed by atoms with Crippen LogP contribution in [0.25, 0.3) is 5.65 Å². The number of aryl methyl sites for hydroxylation is 1. The van der Waals surface area contributed by atoms with E-state index in [0.29, 0.717) is 6.04 Å². The maximum Gasteiger partial charge on any atom is 0.155 e. The first-order chi connectivity index (χ1) is 9.69. The van der Waals surface area contributed by atoms with Crippen LogP contribution in [0, 0.1) is 12.8 Å². The van der Waals surface area contributed by atoms with E-state index >= 15 is 0 Å². The molecule has 3 atom stereocenters. The molecule has 2 heterocycles. The third-order valence-corrected chi connectivity index (χ3v) is 4.03. The minimum Gasteiger partial charge on any atom is -0.396 e. The molecule has 0 bridgehead atoms. The van der Waals surface area contributed by atoms with Gasteiger partial charge in [-0.25, -0.2) is 9.50 Å². The van der Waals surface area contributed by atoms with Crippen molar-refractivity contribution < 1.29 is 5.11 Å². The van der Waals surface area contributed by atoms with E-state index in [9.17, 15) is 5.11 Å². The van der Waals surface area contributed by atoms with Crippen LogP contribution in [0.3, 0.4) is 0 Å². The van der Waals surface area contributed by atoms with Crippen molar-refractivity contribution in [2.75, 3.05) is 6.61 Å². The molecule has 0 spiro atoms. The standard InChI is InChI=1S/C15H20N4O/c1-10(18-13-4-3-12(7-13)9-20)14-8-16-15-5-6-17-19(15)11(14)2/h3-6,8,10,12-13,18,20H,7,9H2,1-2H3/t10-,12+,13-/m1/s1. The maximum atomic E-state index is 9.17. The van der Waals surface area contributed by atoms with Crippen LogP contribution < -0.4 is 5.32 Å². The van der Waals surface area contributed by atoms with Gasteiger partial charge in [0.05, 0.1) is 6.20 Å². The molecule has 0 saturated heterocycles. The molecule has 0 aromatic carbocycles. The van der Waals surface area contributed by atoms with Gasteiger partial charge < -0.3 is 10.4 Å². The Labute approximate surface area is 118 Å². The Kier molecular flexibility index (Phi) is 3.54. The predicted molar refractivity (Wildman–Crippen MR) is 77.4 cm³/mol. The number of aromatic nitrogens is 3. The third-order valence-electron chi connectivity index (χ3n) is 4.03. The van der Waals surface area contributed by atoms with Crippen LogP contribution in [0.4, 0.5) is 0 Å². The summed E-state index contributed by atoms with van der Waals surface area (Å²) in [6.45, 7) is 4.43. The summed E-state index contributed by atoms with van der Waals surface area (Å²) in [5.74, 6) is 0.285. The lowest BCUT2D eigenvalue weighted by atomic mass is 10.1. The van der Waals surface area contributed by atoms with Crippen molar-refractivity contribution in [1.82, 2.24) is 19.9 Å². The topological polar surface area (TPSA) is 62.5 Å². The average molecular weight is 272 g/mol. The summed E-state index contributed by atoms with van der Waals surface area (Å²) in [6.07, 6.45) is 8.88. The zero-order valence-corrected chi connectivity index (χ0v) is 11.8. The lowest BCUT2D eigenvalue weighted by Crippen LogP contribution is -2.30. The molecule has 5 nitrogen and oxygen atoms in total. The van der Waals surface area contributed by atoms with E-state index in [1.807, 2.05) is 16.8 Å². The van der Waals surface area contributed by atoms with E-state index in [1.165, 1.54) is 0 Å². The number of aliphatic hydroxyl groups is 1. The number of rotatable bonds is 4. The van der Waals surface area contributed by atoms with E-state index in [0.717, 1.165) is 23.3 Å². The van der Waals surface area contributed by atoms with Crippen LogP contribution in [0.15, 0.2) is 30.6 Å². The van der Waals surface area contributed by atoms with E-state index in [-0.39, 0.29) is 18.6 Å². The molecule has 0 aliphatic heterocycles. The molecule has 2 aromatic heterocycles. The molecular weight excluding hydrogens is 252 g/mol. The Morgan fingerprint density at radius 1 is 1.50 bits per heavy atom. The van der Waals surface area contributed by atoms with Crippen LogP contribution in [0.5, 0.6) is 0 Å². The van der Waals surface area contributed by atoms with Gasteiger partial charge in [-0.15, -0.1) is 0 Å². The van der Waals surface area contributed by atoms with Crippen molar-refractivity contribution in [3.05, 3.63) is 41.9 Å². The highest BCUT2D eigenvalue weighted by Crippen LogP contribution is 2.22. The Hall–Kier alpha value is -1.72. The number of nitrogens with zero attached hydrogens (tertiary/aromatic N) is 3. The Morgan fingerprint density at radius 3 is 3.10 bits per heavy atom. The Balaban J connectivity index is 1.77. The molecule has 3 rings (SSSR count). The first-order valence-electron chi connectivity index (χ1n) is 7.03. The smallest absolute Gasteiger partial charge is 0.155 e. The van der Waals surface area contributed by atoms with Gasteiger partial charge >= 0.3 is 0 Å². The number of hydrogen-bond acceptors (Lipinski definition) is 4. The maximum absolute atomic E-state index is 9.17. The minimum absolute atomic E-state index is 0.197. The average Bonchev–Trinajstić information content (AvgIpc) is 3.07.